The number of aryl methyl sites for hydroxylation is 2. The molecule has 0 saturated carbocycles. The Hall–Kier alpha value is -3.09. The molecule has 0 radical (unpaired) electrons. The zero-order valence-corrected chi connectivity index (χ0v) is 16.2. The minimum Gasteiger partial charge on any atom is -0.356 e. The Morgan fingerprint density at radius 3 is 2.52 bits per heavy atom. The van der Waals surface area contributed by atoms with Crippen molar-refractivity contribution < 1.29 is 13.3 Å². The molecule has 0 aliphatic rings. The molecule has 0 fully saturated rings. The minimum atomic E-state index is -0.656. The third-order valence-corrected chi connectivity index (χ3v) is 3.19. The third kappa shape index (κ3) is 5.70. The summed E-state index contributed by atoms with van der Waals surface area (Å²) in [4.78, 5) is 8.13. The summed E-state index contributed by atoms with van der Waals surface area (Å²) < 4.78 is 32.2. The summed E-state index contributed by atoms with van der Waals surface area (Å²) in [5.41, 5.74) is 2.65. The number of benzene rings is 1. The van der Waals surface area contributed by atoms with E-state index in [0.29, 0.717) is 5.69 Å². The van der Waals surface area contributed by atoms with Crippen LogP contribution in [0.4, 0.5) is 8.78 Å². The highest BCUT2D eigenvalue weighted by molar-refractivity contribution is 5.79. The van der Waals surface area contributed by atoms with E-state index in [-0.39, 0.29) is 11.0 Å². The van der Waals surface area contributed by atoms with Crippen LogP contribution in [-0.4, -0.2) is 19.7 Å². The predicted molar refractivity (Wildman–Crippen MR) is 104 cm³/mol. The first-order valence-corrected chi connectivity index (χ1v) is 8.47. The van der Waals surface area contributed by atoms with Gasteiger partial charge in [0.15, 0.2) is 5.58 Å². The predicted octanol–water partition coefficient (Wildman–Crippen LogP) is 5.60. The van der Waals surface area contributed by atoms with Gasteiger partial charge in [-0.3, -0.25) is 4.98 Å². The molecule has 4 rings (SSSR count). The van der Waals surface area contributed by atoms with Crippen molar-refractivity contribution in [3.8, 4) is 0 Å². The van der Waals surface area contributed by atoms with Gasteiger partial charge in [-0.25, -0.2) is 13.8 Å². The van der Waals surface area contributed by atoms with Gasteiger partial charge in [-0.15, -0.1) is 6.58 Å². The second-order valence-electron chi connectivity index (χ2n) is 5.16. The first-order chi connectivity index (χ1) is 13.0. The lowest BCUT2D eigenvalue weighted by Crippen LogP contribution is -1.83. The smallest absolute Gasteiger partial charge is 0.173 e. The lowest BCUT2D eigenvalue weighted by atomic mass is 10.2. The number of hydrogen-bond donors (Lipinski definition) is 0. The van der Waals surface area contributed by atoms with Crippen LogP contribution < -0.4 is 0 Å². The molecule has 0 amide bonds. The highest BCUT2D eigenvalue weighted by Crippen LogP contribution is 2.22. The van der Waals surface area contributed by atoms with Gasteiger partial charge < -0.3 is 9.09 Å². The van der Waals surface area contributed by atoms with Crippen molar-refractivity contribution in [3.05, 3.63) is 66.9 Å². The van der Waals surface area contributed by atoms with Crippen LogP contribution in [0.5, 0.6) is 0 Å². The van der Waals surface area contributed by atoms with Crippen LogP contribution in [0.3, 0.4) is 0 Å². The van der Waals surface area contributed by atoms with Crippen LogP contribution in [0.25, 0.3) is 22.0 Å². The molecule has 7 heteroatoms. The maximum atomic E-state index is 13.0. The van der Waals surface area contributed by atoms with Gasteiger partial charge >= 0.3 is 0 Å². The number of imidazole rings is 1. The number of rotatable bonds is 0. The molecule has 0 unspecified atom stereocenters. The lowest BCUT2D eigenvalue weighted by molar-refractivity contribution is 0.448. The fourth-order valence-corrected chi connectivity index (χ4v) is 2.11. The van der Waals surface area contributed by atoms with Gasteiger partial charge in [0.05, 0.1) is 34.6 Å². The van der Waals surface area contributed by atoms with Crippen LogP contribution in [0, 0.1) is 18.6 Å². The van der Waals surface area contributed by atoms with Crippen molar-refractivity contribution in [3.63, 3.8) is 0 Å². The van der Waals surface area contributed by atoms with Crippen molar-refractivity contribution in [1.29, 1.82) is 0 Å². The van der Waals surface area contributed by atoms with Gasteiger partial charge in [-0.1, -0.05) is 25.1 Å². The molecule has 0 spiro atoms. The molecule has 4 aromatic rings. The van der Waals surface area contributed by atoms with E-state index in [1.807, 2.05) is 44.6 Å². The zero-order valence-electron chi connectivity index (χ0n) is 16.2. The largest absolute Gasteiger partial charge is 0.356 e. The van der Waals surface area contributed by atoms with E-state index in [4.69, 9.17) is 0 Å². The number of pyridine rings is 1. The van der Waals surface area contributed by atoms with Gasteiger partial charge in [0.2, 0.25) is 0 Å². The summed E-state index contributed by atoms with van der Waals surface area (Å²) in [7, 11) is 1.96. The van der Waals surface area contributed by atoms with E-state index in [1.54, 1.807) is 25.5 Å². The Kier molecular flexibility index (Phi) is 8.78. The molecule has 0 atom stereocenters. The lowest BCUT2D eigenvalue weighted by Gasteiger charge is -1.90. The van der Waals surface area contributed by atoms with Crippen LogP contribution in [-0.2, 0) is 7.05 Å². The monoisotopic (exact) mass is 374 g/mol. The molecule has 0 bridgehead atoms. The summed E-state index contributed by atoms with van der Waals surface area (Å²) in [6, 6.07) is 3.82. The van der Waals surface area contributed by atoms with Crippen LogP contribution in [0.1, 0.15) is 26.5 Å². The van der Waals surface area contributed by atoms with Crippen LogP contribution >= 0.6 is 0 Å². The van der Waals surface area contributed by atoms with Crippen molar-refractivity contribution in [2.45, 2.75) is 27.7 Å². The average Bonchev–Trinajstić information content (AvgIpc) is 3.22. The summed E-state index contributed by atoms with van der Waals surface area (Å²) in [6.45, 7) is 10.9. The summed E-state index contributed by atoms with van der Waals surface area (Å²) in [5.74, 6) is -1.29. The molecular weight excluding hydrogens is 350 g/mol. The quantitative estimate of drug-likeness (QED) is 0.376. The maximum absolute atomic E-state index is 13.0. The zero-order chi connectivity index (χ0) is 20.4. The molecule has 5 nitrogen and oxygen atoms in total. The average molecular weight is 374 g/mol. The molecule has 144 valence electrons. The Labute approximate surface area is 157 Å². The fraction of sp³-hybridized carbons (Fsp3) is 0.250. The highest BCUT2D eigenvalue weighted by atomic mass is 19.1. The molecule has 27 heavy (non-hydrogen) atoms. The van der Waals surface area contributed by atoms with E-state index in [0.717, 1.165) is 23.2 Å². The van der Waals surface area contributed by atoms with Crippen molar-refractivity contribution in [1.82, 2.24) is 19.7 Å². The molecule has 0 saturated heterocycles. The first-order valence-electron chi connectivity index (χ1n) is 8.47. The summed E-state index contributed by atoms with van der Waals surface area (Å²) in [6.07, 6.45) is 7.09. The van der Waals surface area contributed by atoms with E-state index < -0.39 is 11.6 Å². The van der Waals surface area contributed by atoms with Crippen molar-refractivity contribution in [2.24, 2.45) is 7.05 Å². The minimum absolute atomic E-state index is 0.144. The molecule has 0 aliphatic heterocycles. The molecule has 1 aromatic carbocycles. The standard InChI is InChI=1S/C8H5F2NO.C7H7N3.C3H6.C2H6/c1-4-8-6(10)2-5(9)3-7(8)12-11-4;1-10-5-9-6-2-3-8-4-7(6)10;1-3-2;1-2/h2-3H,1H3;2-5H,1H3;3H,1H2,2H3;1-2H3. The number of halogens is 2. The number of fused-ring (bicyclic) bond motifs is 2. The fourth-order valence-electron chi connectivity index (χ4n) is 2.11. The van der Waals surface area contributed by atoms with Gasteiger partial charge in [-0.2, -0.15) is 0 Å². The van der Waals surface area contributed by atoms with E-state index in [9.17, 15) is 8.78 Å². The number of aromatic nitrogens is 4. The maximum Gasteiger partial charge on any atom is 0.173 e. The molecule has 3 heterocycles. The van der Waals surface area contributed by atoms with Gasteiger partial charge in [0.1, 0.15) is 11.6 Å². The van der Waals surface area contributed by atoms with Gasteiger partial charge in [0, 0.05) is 25.4 Å². The Morgan fingerprint density at radius 1 is 1.22 bits per heavy atom. The number of allylic oxidation sites excluding steroid dienone is 1. The second-order valence-corrected chi connectivity index (χ2v) is 5.16. The van der Waals surface area contributed by atoms with Gasteiger partial charge in [-0.05, 0) is 19.9 Å². The van der Waals surface area contributed by atoms with Crippen molar-refractivity contribution >= 4 is 22.0 Å². The summed E-state index contributed by atoms with van der Waals surface area (Å²) >= 11 is 0. The number of nitrogens with zero attached hydrogens (tertiary/aromatic N) is 4. The van der Waals surface area contributed by atoms with Gasteiger partial charge in [0.25, 0.3) is 0 Å². The first kappa shape index (κ1) is 22.0. The van der Waals surface area contributed by atoms with Crippen LogP contribution in [0.15, 0.2) is 54.1 Å². The number of hydrogen-bond acceptors (Lipinski definition) is 4. The second kappa shape index (κ2) is 10.8. The molecule has 0 N–H and O–H groups in total. The molecule has 0 aliphatic carbocycles. The normalized spacial score (nSPS) is 9.44. The highest BCUT2D eigenvalue weighted by Gasteiger charge is 2.10. The van der Waals surface area contributed by atoms with E-state index in [2.05, 4.69) is 26.2 Å². The third-order valence-electron chi connectivity index (χ3n) is 3.19. The topological polar surface area (TPSA) is 56.7 Å². The molecular formula is C20H24F2N4O. The SMILES string of the molecule is C=CC.CC.Cc1noc2cc(F)cc(F)c12.Cn1cnc2ccncc21. The van der Waals surface area contributed by atoms with Crippen molar-refractivity contribution in [2.75, 3.05) is 0 Å². The van der Waals surface area contributed by atoms with E-state index in [1.165, 1.54) is 0 Å². The Morgan fingerprint density at radius 2 is 1.89 bits per heavy atom. The van der Waals surface area contributed by atoms with Crippen LogP contribution in [0.2, 0.25) is 0 Å². The summed E-state index contributed by atoms with van der Waals surface area (Å²) in [5, 5.41) is 3.76. The Balaban J connectivity index is 0.000000221. The molecule has 3 aromatic heterocycles. The van der Waals surface area contributed by atoms with E-state index >= 15 is 0 Å². The Bertz CT molecular complexity index is 992.